The fourth-order valence-electron chi connectivity index (χ4n) is 1.99. The number of para-hydroxylation sites is 1. The fourth-order valence-corrected chi connectivity index (χ4v) is 2.32. The van der Waals surface area contributed by atoms with Gasteiger partial charge in [-0.05, 0) is 30.3 Å². The lowest BCUT2D eigenvalue weighted by atomic mass is 10.2. The molecule has 3 aromatic rings. The molecule has 0 aliphatic heterocycles. The highest BCUT2D eigenvalue weighted by Gasteiger charge is 2.14. The number of benzene rings is 2. The Kier molecular flexibility index (Phi) is 3.77. The summed E-state index contributed by atoms with van der Waals surface area (Å²) in [4.78, 5) is 24.1. The number of amides is 1. The molecule has 0 aliphatic rings. The first-order valence-electron chi connectivity index (χ1n) is 6.34. The number of hydrogen-bond donors (Lipinski definition) is 1. The number of hydrogen-bond acceptors (Lipinski definition) is 3. The van der Waals surface area contributed by atoms with Crippen molar-refractivity contribution in [2.24, 2.45) is 0 Å². The van der Waals surface area contributed by atoms with E-state index in [4.69, 9.17) is 4.42 Å². The summed E-state index contributed by atoms with van der Waals surface area (Å²) in [6, 6.07) is 11.9. The quantitative estimate of drug-likeness (QED) is 0.751. The van der Waals surface area contributed by atoms with Crippen LogP contribution in [-0.4, -0.2) is 5.91 Å². The van der Waals surface area contributed by atoms with Gasteiger partial charge in [0.25, 0.3) is 5.91 Å². The first-order valence-corrected chi connectivity index (χ1v) is 7.13. The minimum Gasteiger partial charge on any atom is -0.451 e. The van der Waals surface area contributed by atoms with Crippen molar-refractivity contribution in [3.8, 4) is 0 Å². The van der Waals surface area contributed by atoms with Crippen molar-refractivity contribution in [1.82, 2.24) is 0 Å². The van der Waals surface area contributed by atoms with E-state index in [1.165, 1.54) is 12.1 Å². The second-order valence-corrected chi connectivity index (χ2v) is 5.47. The summed E-state index contributed by atoms with van der Waals surface area (Å²) in [7, 11) is 0. The number of halogens is 2. The van der Waals surface area contributed by atoms with Gasteiger partial charge in [-0.2, -0.15) is 0 Å². The van der Waals surface area contributed by atoms with E-state index < -0.39 is 11.7 Å². The molecule has 0 saturated carbocycles. The fraction of sp³-hybridized carbons (Fsp3) is 0. The van der Waals surface area contributed by atoms with Crippen molar-refractivity contribution in [3.05, 3.63) is 74.8 Å². The van der Waals surface area contributed by atoms with Crippen LogP contribution in [0.25, 0.3) is 11.0 Å². The molecule has 1 N–H and O–H groups in total. The summed E-state index contributed by atoms with van der Waals surface area (Å²) in [5, 5.41) is 2.76. The molecule has 22 heavy (non-hydrogen) atoms. The van der Waals surface area contributed by atoms with E-state index in [0.29, 0.717) is 15.4 Å². The number of carbonyl (C=O) groups is 1. The third-order valence-corrected chi connectivity index (χ3v) is 3.53. The molecule has 1 aromatic heterocycles. The Bertz CT molecular complexity index is 936. The highest BCUT2D eigenvalue weighted by atomic mass is 79.9. The first kappa shape index (κ1) is 14.5. The summed E-state index contributed by atoms with van der Waals surface area (Å²) in [5.74, 6) is -1.46. The van der Waals surface area contributed by atoms with Crippen LogP contribution in [-0.2, 0) is 0 Å². The molecule has 110 valence electrons. The second kappa shape index (κ2) is 5.73. The maximum Gasteiger partial charge on any atom is 0.291 e. The third kappa shape index (κ3) is 2.78. The lowest BCUT2D eigenvalue weighted by Gasteiger charge is -2.06. The highest BCUT2D eigenvalue weighted by Crippen LogP contribution is 2.20. The van der Waals surface area contributed by atoms with Crippen LogP contribution in [0.15, 0.2) is 62.2 Å². The van der Waals surface area contributed by atoms with Gasteiger partial charge in [-0.25, -0.2) is 4.39 Å². The van der Waals surface area contributed by atoms with E-state index >= 15 is 0 Å². The lowest BCUT2D eigenvalue weighted by Crippen LogP contribution is -2.15. The Labute approximate surface area is 132 Å². The zero-order chi connectivity index (χ0) is 15.7. The first-order chi connectivity index (χ1) is 10.5. The Morgan fingerprint density at radius 2 is 1.91 bits per heavy atom. The average molecular weight is 362 g/mol. The van der Waals surface area contributed by atoms with Gasteiger partial charge in [-0.15, -0.1) is 0 Å². The standard InChI is InChI=1S/C16H9BrFNO3/c17-9-5-6-12(11(18)7-9)19-16(21)15-8-13(20)10-3-1-2-4-14(10)22-15/h1-8H,(H,19,21). The molecule has 4 nitrogen and oxygen atoms in total. The molecule has 0 atom stereocenters. The third-order valence-electron chi connectivity index (χ3n) is 3.04. The van der Waals surface area contributed by atoms with Gasteiger partial charge < -0.3 is 9.73 Å². The van der Waals surface area contributed by atoms with Crippen LogP contribution in [0.5, 0.6) is 0 Å². The largest absolute Gasteiger partial charge is 0.451 e. The van der Waals surface area contributed by atoms with Crippen molar-refractivity contribution in [1.29, 1.82) is 0 Å². The summed E-state index contributed by atoms with van der Waals surface area (Å²) >= 11 is 3.13. The van der Waals surface area contributed by atoms with Crippen LogP contribution < -0.4 is 10.7 Å². The molecule has 0 spiro atoms. The lowest BCUT2D eigenvalue weighted by molar-refractivity contribution is 0.0996. The maximum absolute atomic E-state index is 13.7. The molecule has 3 rings (SSSR count). The van der Waals surface area contributed by atoms with Crippen LogP contribution in [0.1, 0.15) is 10.6 Å². The molecule has 0 fully saturated rings. The summed E-state index contributed by atoms with van der Waals surface area (Å²) in [5.41, 5.74) is -0.0243. The molecule has 0 unspecified atom stereocenters. The van der Waals surface area contributed by atoms with E-state index in [2.05, 4.69) is 21.2 Å². The number of fused-ring (bicyclic) bond motifs is 1. The average Bonchev–Trinajstić information content (AvgIpc) is 2.50. The Morgan fingerprint density at radius 3 is 2.68 bits per heavy atom. The molecular formula is C16H9BrFNO3. The summed E-state index contributed by atoms with van der Waals surface area (Å²) in [6.07, 6.45) is 0. The molecule has 0 bridgehead atoms. The second-order valence-electron chi connectivity index (χ2n) is 4.55. The monoisotopic (exact) mass is 361 g/mol. The summed E-state index contributed by atoms with van der Waals surface area (Å²) in [6.45, 7) is 0. The van der Waals surface area contributed by atoms with Crippen LogP contribution in [0.3, 0.4) is 0 Å². The Morgan fingerprint density at radius 1 is 1.14 bits per heavy atom. The van der Waals surface area contributed by atoms with E-state index in [1.807, 2.05) is 0 Å². The minimum atomic E-state index is -0.691. The molecule has 0 aliphatic carbocycles. The normalized spacial score (nSPS) is 10.6. The predicted octanol–water partition coefficient (Wildman–Crippen LogP) is 3.95. The van der Waals surface area contributed by atoms with Gasteiger partial charge in [0, 0.05) is 10.5 Å². The molecule has 2 aromatic carbocycles. The van der Waals surface area contributed by atoms with Gasteiger partial charge in [-0.1, -0.05) is 28.1 Å². The van der Waals surface area contributed by atoms with Gasteiger partial charge in [0.05, 0.1) is 11.1 Å². The number of carbonyl (C=O) groups excluding carboxylic acids is 1. The zero-order valence-electron chi connectivity index (χ0n) is 11.1. The van der Waals surface area contributed by atoms with Gasteiger partial charge in [0.1, 0.15) is 11.4 Å². The zero-order valence-corrected chi connectivity index (χ0v) is 12.7. The van der Waals surface area contributed by atoms with E-state index in [1.54, 1.807) is 30.3 Å². The van der Waals surface area contributed by atoms with Crippen LogP contribution in [0.4, 0.5) is 10.1 Å². The van der Waals surface area contributed by atoms with Crippen molar-refractivity contribution in [3.63, 3.8) is 0 Å². The smallest absolute Gasteiger partial charge is 0.291 e. The van der Waals surface area contributed by atoms with Gasteiger partial charge in [-0.3, -0.25) is 9.59 Å². The SMILES string of the molecule is O=C(Nc1ccc(Br)cc1F)c1cc(=O)c2ccccc2o1. The highest BCUT2D eigenvalue weighted by molar-refractivity contribution is 9.10. The van der Waals surface area contributed by atoms with Crippen molar-refractivity contribution < 1.29 is 13.6 Å². The molecule has 1 amide bonds. The van der Waals surface area contributed by atoms with Crippen molar-refractivity contribution >= 4 is 38.5 Å². The van der Waals surface area contributed by atoms with Gasteiger partial charge in [0.2, 0.25) is 0 Å². The molecule has 0 radical (unpaired) electrons. The Balaban J connectivity index is 1.97. The maximum atomic E-state index is 13.7. The van der Waals surface area contributed by atoms with Crippen molar-refractivity contribution in [2.75, 3.05) is 5.32 Å². The van der Waals surface area contributed by atoms with E-state index in [9.17, 15) is 14.0 Å². The Hall–Kier alpha value is -2.47. The topological polar surface area (TPSA) is 59.3 Å². The van der Waals surface area contributed by atoms with Gasteiger partial charge in [0.15, 0.2) is 11.2 Å². The number of nitrogens with one attached hydrogen (secondary N) is 1. The number of anilines is 1. The molecule has 6 heteroatoms. The van der Waals surface area contributed by atoms with E-state index in [0.717, 1.165) is 6.07 Å². The molecule has 0 saturated heterocycles. The predicted molar refractivity (Wildman–Crippen MR) is 84.5 cm³/mol. The van der Waals surface area contributed by atoms with E-state index in [-0.39, 0.29) is 16.9 Å². The van der Waals surface area contributed by atoms with Crippen molar-refractivity contribution in [2.45, 2.75) is 0 Å². The van der Waals surface area contributed by atoms with Crippen LogP contribution in [0.2, 0.25) is 0 Å². The minimum absolute atomic E-state index is 0.00371. The van der Waals surface area contributed by atoms with Gasteiger partial charge >= 0.3 is 0 Å². The van der Waals surface area contributed by atoms with Crippen LogP contribution >= 0.6 is 15.9 Å². The van der Waals surface area contributed by atoms with Crippen LogP contribution in [0, 0.1) is 5.82 Å². The number of rotatable bonds is 2. The summed E-state index contributed by atoms with van der Waals surface area (Å²) < 4.78 is 19.7. The molecular weight excluding hydrogens is 353 g/mol. The molecule has 1 heterocycles.